The van der Waals surface area contributed by atoms with E-state index >= 15 is 0 Å². The quantitative estimate of drug-likeness (QED) is 0.126. The highest BCUT2D eigenvalue weighted by Crippen LogP contribution is 2.37. The number of rotatable bonds is 8. The number of benzene rings is 6. The first kappa shape index (κ1) is 30.6. The Balaban J connectivity index is 1.32. The summed E-state index contributed by atoms with van der Waals surface area (Å²) in [4.78, 5) is 3.56. The molecule has 228 valence electrons. The lowest BCUT2D eigenvalue weighted by Gasteiger charge is -2.22. The van der Waals surface area contributed by atoms with Crippen LogP contribution in [0.2, 0.25) is 0 Å². The van der Waals surface area contributed by atoms with Crippen molar-refractivity contribution in [2.75, 3.05) is 0 Å². The number of ether oxygens (including phenoxy) is 3. The summed E-state index contributed by atoms with van der Waals surface area (Å²) >= 11 is 0. The van der Waals surface area contributed by atoms with Gasteiger partial charge in [-0.05, 0) is 123 Å². The summed E-state index contributed by atoms with van der Waals surface area (Å²) in [7, 11) is -0.390. The van der Waals surface area contributed by atoms with Crippen molar-refractivity contribution in [3.8, 4) is 17.2 Å². The zero-order valence-corrected chi connectivity index (χ0v) is 27.8. The fraction of sp³-hybridized carbons (Fsp3) is 0.220. The van der Waals surface area contributed by atoms with Crippen LogP contribution in [-0.4, -0.2) is 11.2 Å². The van der Waals surface area contributed by atoms with Gasteiger partial charge in [0.2, 0.25) is 0 Å². The Morgan fingerprint density at radius 1 is 0.467 bits per heavy atom. The average Bonchev–Trinajstić information content (AvgIpc) is 2.99. The van der Waals surface area contributed by atoms with Crippen LogP contribution in [0.25, 0.3) is 21.5 Å². The summed E-state index contributed by atoms with van der Waals surface area (Å²) in [6.45, 7) is 12.9. The van der Waals surface area contributed by atoms with Gasteiger partial charge in [-0.15, -0.1) is 0 Å². The molecule has 6 rings (SSSR count). The first-order valence-electron chi connectivity index (χ1n) is 15.5. The van der Waals surface area contributed by atoms with Gasteiger partial charge < -0.3 is 14.2 Å². The van der Waals surface area contributed by atoms with Gasteiger partial charge in [0.15, 0.2) is 14.7 Å². The summed E-state index contributed by atoms with van der Waals surface area (Å²) in [5, 5.41) is 4.97. The van der Waals surface area contributed by atoms with Crippen molar-refractivity contribution >= 4 is 32.4 Å². The van der Waals surface area contributed by atoms with Gasteiger partial charge in [-0.3, -0.25) is 0 Å². The first-order chi connectivity index (χ1) is 21.5. The molecule has 0 aliphatic carbocycles. The molecule has 0 saturated carbocycles. The van der Waals surface area contributed by atoms with E-state index in [1.165, 1.54) is 41.8 Å². The van der Waals surface area contributed by atoms with Gasteiger partial charge in [0.1, 0.15) is 35.1 Å². The molecule has 0 aromatic heterocycles. The highest BCUT2D eigenvalue weighted by molar-refractivity contribution is 7.97. The van der Waals surface area contributed by atoms with Crippen molar-refractivity contribution in [1.29, 1.82) is 0 Å². The summed E-state index contributed by atoms with van der Waals surface area (Å²) in [6, 6.07) is 44.9. The molecule has 0 radical (unpaired) electrons. The molecule has 0 unspecified atom stereocenters. The van der Waals surface area contributed by atoms with Crippen LogP contribution in [0.15, 0.2) is 142 Å². The zero-order chi connectivity index (χ0) is 31.6. The van der Waals surface area contributed by atoms with Crippen molar-refractivity contribution in [3.05, 3.63) is 133 Å². The minimum absolute atomic E-state index is 0.285. The third-order valence-corrected chi connectivity index (χ3v) is 9.43. The van der Waals surface area contributed by atoms with E-state index in [0.717, 1.165) is 17.2 Å². The molecule has 0 spiro atoms. The number of hydrogen-bond acceptors (Lipinski definition) is 3. The highest BCUT2D eigenvalue weighted by Gasteiger charge is 2.30. The van der Waals surface area contributed by atoms with Crippen LogP contribution < -0.4 is 14.2 Å². The second-order valence-corrected chi connectivity index (χ2v) is 15.3. The SMILES string of the molecule is CC(C)(C)Oc1cccc([S+](c2ccc(OCc3cc4ccccc4c4ccccc34)cc2)c2cccc(OC(C)(C)C)c2)c1. The van der Waals surface area contributed by atoms with E-state index in [1.807, 2.05) is 12.1 Å². The Bertz CT molecular complexity index is 1870. The largest absolute Gasteiger partial charge is 0.489 e. The van der Waals surface area contributed by atoms with Crippen molar-refractivity contribution in [2.45, 2.75) is 74.0 Å². The fourth-order valence-corrected chi connectivity index (χ4v) is 7.65. The Hall–Kier alpha value is -4.41. The lowest BCUT2D eigenvalue weighted by Crippen LogP contribution is -2.23. The van der Waals surface area contributed by atoms with Crippen LogP contribution in [0.5, 0.6) is 17.2 Å². The normalized spacial score (nSPS) is 12.1. The predicted molar refractivity (Wildman–Crippen MR) is 188 cm³/mol. The van der Waals surface area contributed by atoms with Crippen LogP contribution in [0.3, 0.4) is 0 Å². The highest BCUT2D eigenvalue weighted by atomic mass is 32.2. The molecule has 3 nitrogen and oxygen atoms in total. The van der Waals surface area contributed by atoms with Crippen molar-refractivity contribution in [3.63, 3.8) is 0 Å². The van der Waals surface area contributed by atoms with Crippen LogP contribution >= 0.6 is 0 Å². The molecule has 0 atom stereocenters. The lowest BCUT2D eigenvalue weighted by molar-refractivity contribution is 0.130. The van der Waals surface area contributed by atoms with E-state index in [4.69, 9.17) is 14.2 Å². The Labute approximate surface area is 270 Å². The molecule has 0 aliphatic heterocycles. The van der Waals surface area contributed by atoms with Crippen LogP contribution in [0, 0.1) is 0 Å². The van der Waals surface area contributed by atoms with Gasteiger partial charge in [-0.2, -0.15) is 0 Å². The van der Waals surface area contributed by atoms with E-state index < -0.39 is 10.9 Å². The van der Waals surface area contributed by atoms with Gasteiger partial charge in [0, 0.05) is 12.1 Å². The summed E-state index contributed by atoms with van der Waals surface area (Å²) in [5.74, 6) is 2.57. The first-order valence-corrected chi connectivity index (χ1v) is 16.7. The number of fused-ring (bicyclic) bond motifs is 3. The summed E-state index contributed by atoms with van der Waals surface area (Å²) in [6.07, 6.45) is 0. The Morgan fingerprint density at radius 2 is 1.00 bits per heavy atom. The molecule has 6 aromatic rings. The Kier molecular flexibility index (Phi) is 8.52. The molecule has 45 heavy (non-hydrogen) atoms. The van der Waals surface area contributed by atoms with Crippen molar-refractivity contribution < 1.29 is 14.2 Å². The predicted octanol–water partition coefficient (Wildman–Crippen LogP) is 11.0. The molecule has 0 amide bonds. The minimum atomic E-state index is -0.390. The fourth-order valence-electron chi connectivity index (χ4n) is 5.53. The van der Waals surface area contributed by atoms with Gasteiger partial charge in [0.25, 0.3) is 0 Å². The molecular formula is C41H41O3S+. The maximum atomic E-state index is 6.41. The molecule has 0 fully saturated rings. The van der Waals surface area contributed by atoms with Crippen LogP contribution in [-0.2, 0) is 17.5 Å². The molecule has 0 N–H and O–H groups in total. The molecular weight excluding hydrogens is 573 g/mol. The van der Waals surface area contributed by atoms with E-state index in [-0.39, 0.29) is 11.2 Å². The smallest absolute Gasteiger partial charge is 0.170 e. The topological polar surface area (TPSA) is 27.7 Å². The maximum Gasteiger partial charge on any atom is 0.170 e. The van der Waals surface area contributed by atoms with Crippen molar-refractivity contribution in [1.82, 2.24) is 0 Å². The van der Waals surface area contributed by atoms with E-state index in [9.17, 15) is 0 Å². The van der Waals surface area contributed by atoms with Gasteiger partial charge >= 0.3 is 0 Å². The second-order valence-electron chi connectivity index (χ2n) is 13.2. The minimum Gasteiger partial charge on any atom is -0.489 e. The molecule has 0 heterocycles. The van der Waals surface area contributed by atoms with Gasteiger partial charge in [-0.1, -0.05) is 60.7 Å². The lowest BCUT2D eigenvalue weighted by atomic mass is 9.98. The number of hydrogen-bond donors (Lipinski definition) is 0. The van der Waals surface area contributed by atoms with Crippen molar-refractivity contribution in [2.24, 2.45) is 0 Å². The van der Waals surface area contributed by atoms with E-state index in [0.29, 0.717) is 6.61 Å². The van der Waals surface area contributed by atoms with E-state index in [2.05, 4.69) is 157 Å². The van der Waals surface area contributed by atoms with Gasteiger partial charge in [0.05, 0.1) is 10.9 Å². The molecule has 0 bridgehead atoms. The molecule has 0 aliphatic rings. The third kappa shape index (κ3) is 7.46. The Morgan fingerprint density at radius 3 is 1.58 bits per heavy atom. The standard InChI is InChI=1S/C41H41O3S/c1-40(2,3)43-32-14-11-16-35(26-32)45(36-17-12-15-33(27-36)44-41(4,5)6)34-23-21-31(22-24-34)42-28-30-25-29-13-7-8-18-37(29)39-20-10-9-19-38(30)39/h7-27H,28H2,1-6H3/q+1. The van der Waals surface area contributed by atoms with Crippen LogP contribution in [0.4, 0.5) is 0 Å². The zero-order valence-electron chi connectivity index (χ0n) is 27.0. The second kappa shape index (κ2) is 12.5. The molecule has 6 aromatic carbocycles. The molecule has 0 saturated heterocycles. The van der Waals surface area contributed by atoms with Gasteiger partial charge in [-0.25, -0.2) is 0 Å². The summed E-state index contributed by atoms with van der Waals surface area (Å²) < 4.78 is 18.9. The van der Waals surface area contributed by atoms with Crippen LogP contribution in [0.1, 0.15) is 47.1 Å². The third-order valence-electron chi connectivity index (χ3n) is 7.24. The monoisotopic (exact) mass is 613 g/mol. The maximum absolute atomic E-state index is 6.41. The average molecular weight is 614 g/mol. The van der Waals surface area contributed by atoms with E-state index in [1.54, 1.807) is 0 Å². The molecule has 4 heteroatoms. The summed E-state index contributed by atoms with van der Waals surface area (Å²) in [5.41, 5.74) is 0.611.